The second-order valence-corrected chi connectivity index (χ2v) is 6.08. The standard InChI is InChI=1S/C19H17F3N4O3/c20-19(21,22)14-3-7-17(8-4-14)29-10-16(27)9-24-18(28)13-1-5-15(6-2-13)26-12-23-11-25-26/h1-8,11-12,16,27H,9-10H2,(H,24,28). The van der Waals surface area contributed by atoms with E-state index in [4.69, 9.17) is 4.74 Å². The molecule has 0 saturated carbocycles. The number of nitrogens with one attached hydrogen (secondary N) is 1. The highest BCUT2D eigenvalue weighted by Crippen LogP contribution is 2.30. The van der Waals surface area contributed by atoms with E-state index >= 15 is 0 Å². The molecule has 152 valence electrons. The van der Waals surface area contributed by atoms with Gasteiger partial charge in [-0.3, -0.25) is 4.79 Å². The molecule has 3 rings (SSSR count). The van der Waals surface area contributed by atoms with Crippen LogP contribution in [-0.4, -0.2) is 45.0 Å². The molecular weight excluding hydrogens is 389 g/mol. The number of rotatable bonds is 7. The normalized spacial score (nSPS) is 12.4. The smallest absolute Gasteiger partial charge is 0.416 e. The predicted octanol–water partition coefficient (Wildman–Crippen LogP) is 2.46. The first-order chi connectivity index (χ1) is 13.8. The first kappa shape index (κ1) is 20.3. The Morgan fingerprint density at radius 3 is 2.41 bits per heavy atom. The molecule has 1 aromatic heterocycles. The molecule has 1 heterocycles. The van der Waals surface area contributed by atoms with Crippen molar-refractivity contribution in [1.82, 2.24) is 20.1 Å². The maximum Gasteiger partial charge on any atom is 0.416 e. The first-order valence-corrected chi connectivity index (χ1v) is 8.54. The molecule has 1 atom stereocenters. The van der Waals surface area contributed by atoms with Crippen LogP contribution in [0.2, 0.25) is 0 Å². The average Bonchev–Trinajstić information content (AvgIpc) is 3.25. The lowest BCUT2D eigenvalue weighted by molar-refractivity contribution is -0.137. The number of carbonyl (C=O) groups excluding carboxylic acids is 1. The second kappa shape index (κ2) is 8.74. The molecule has 1 amide bonds. The van der Waals surface area contributed by atoms with E-state index in [1.165, 1.54) is 24.8 Å². The molecule has 0 saturated heterocycles. The topological polar surface area (TPSA) is 89.3 Å². The lowest BCUT2D eigenvalue weighted by Gasteiger charge is -2.14. The van der Waals surface area contributed by atoms with Crippen LogP contribution in [-0.2, 0) is 6.18 Å². The quantitative estimate of drug-likeness (QED) is 0.629. The molecule has 2 N–H and O–H groups in total. The van der Waals surface area contributed by atoms with E-state index in [0.717, 1.165) is 17.8 Å². The first-order valence-electron chi connectivity index (χ1n) is 8.54. The number of benzene rings is 2. The summed E-state index contributed by atoms with van der Waals surface area (Å²) < 4.78 is 44.3. The van der Waals surface area contributed by atoms with Crippen molar-refractivity contribution >= 4 is 5.91 Å². The minimum absolute atomic E-state index is 0.0791. The van der Waals surface area contributed by atoms with Gasteiger partial charge >= 0.3 is 6.18 Å². The molecule has 0 aliphatic carbocycles. The monoisotopic (exact) mass is 406 g/mol. The lowest BCUT2D eigenvalue weighted by atomic mass is 10.2. The van der Waals surface area contributed by atoms with Gasteiger partial charge in [0.1, 0.15) is 31.1 Å². The summed E-state index contributed by atoms with van der Waals surface area (Å²) in [5.74, 6) is -0.198. The van der Waals surface area contributed by atoms with Gasteiger partial charge in [-0.05, 0) is 48.5 Å². The molecule has 0 fully saturated rings. The summed E-state index contributed by atoms with van der Waals surface area (Å²) in [5, 5.41) is 16.5. The second-order valence-electron chi connectivity index (χ2n) is 6.08. The zero-order chi connectivity index (χ0) is 20.9. The van der Waals surface area contributed by atoms with Gasteiger partial charge in [-0.25, -0.2) is 9.67 Å². The highest BCUT2D eigenvalue weighted by Gasteiger charge is 2.30. The summed E-state index contributed by atoms with van der Waals surface area (Å²) in [6.07, 6.45) is -2.53. The summed E-state index contributed by atoms with van der Waals surface area (Å²) in [7, 11) is 0. The van der Waals surface area contributed by atoms with Crippen LogP contribution in [0, 0.1) is 0 Å². The van der Waals surface area contributed by atoms with Crippen LogP contribution in [0.15, 0.2) is 61.2 Å². The van der Waals surface area contributed by atoms with Crippen LogP contribution in [0.3, 0.4) is 0 Å². The molecular formula is C19H17F3N4O3. The third-order valence-corrected chi connectivity index (χ3v) is 3.94. The Bertz CT molecular complexity index is 927. The number of amides is 1. The van der Waals surface area contributed by atoms with Crippen molar-refractivity contribution in [3.63, 3.8) is 0 Å². The van der Waals surface area contributed by atoms with E-state index in [2.05, 4.69) is 15.4 Å². The SMILES string of the molecule is O=C(NCC(O)COc1ccc(C(F)(F)F)cc1)c1ccc(-n2cncn2)cc1. The largest absolute Gasteiger partial charge is 0.491 e. The van der Waals surface area contributed by atoms with Crippen LogP contribution >= 0.6 is 0 Å². The fourth-order valence-corrected chi connectivity index (χ4v) is 2.41. The summed E-state index contributed by atoms with van der Waals surface area (Å²) in [5.41, 5.74) is 0.348. The number of ether oxygens (including phenoxy) is 1. The highest BCUT2D eigenvalue weighted by atomic mass is 19.4. The number of hydrogen-bond donors (Lipinski definition) is 2. The Balaban J connectivity index is 1.45. The zero-order valence-electron chi connectivity index (χ0n) is 15.0. The Morgan fingerprint density at radius 2 is 1.83 bits per heavy atom. The molecule has 10 heteroatoms. The number of aliphatic hydroxyl groups is 1. The van der Waals surface area contributed by atoms with Gasteiger partial charge in [-0.1, -0.05) is 0 Å². The minimum atomic E-state index is -4.42. The third-order valence-electron chi connectivity index (χ3n) is 3.94. The van der Waals surface area contributed by atoms with E-state index in [1.807, 2.05) is 0 Å². The molecule has 0 aliphatic rings. The molecule has 0 bridgehead atoms. The van der Waals surface area contributed by atoms with Crippen LogP contribution in [0.25, 0.3) is 5.69 Å². The summed E-state index contributed by atoms with van der Waals surface area (Å²) >= 11 is 0. The van der Waals surface area contributed by atoms with E-state index in [0.29, 0.717) is 5.56 Å². The van der Waals surface area contributed by atoms with E-state index in [1.54, 1.807) is 28.9 Å². The van der Waals surface area contributed by atoms with Gasteiger partial charge in [0.2, 0.25) is 0 Å². The van der Waals surface area contributed by atoms with Gasteiger partial charge in [0, 0.05) is 12.1 Å². The number of alkyl halides is 3. The van der Waals surface area contributed by atoms with Gasteiger partial charge < -0.3 is 15.2 Å². The molecule has 3 aromatic rings. The summed E-state index contributed by atoms with van der Waals surface area (Å²) in [6, 6.07) is 10.8. The third kappa shape index (κ3) is 5.55. The molecule has 0 radical (unpaired) electrons. The van der Waals surface area contributed by atoms with Crippen molar-refractivity contribution in [2.24, 2.45) is 0 Å². The Hall–Kier alpha value is -3.40. The van der Waals surface area contributed by atoms with E-state index in [-0.39, 0.29) is 24.8 Å². The Kier molecular flexibility index (Phi) is 6.13. The lowest BCUT2D eigenvalue weighted by Crippen LogP contribution is -2.35. The van der Waals surface area contributed by atoms with Crippen LogP contribution in [0.5, 0.6) is 5.75 Å². The molecule has 0 aliphatic heterocycles. The maximum absolute atomic E-state index is 12.5. The van der Waals surface area contributed by atoms with Gasteiger partial charge in [0.05, 0.1) is 11.3 Å². The Labute approximate surface area is 163 Å². The van der Waals surface area contributed by atoms with Crippen LogP contribution in [0.1, 0.15) is 15.9 Å². The number of halogens is 3. The van der Waals surface area contributed by atoms with Crippen molar-refractivity contribution in [2.45, 2.75) is 12.3 Å². The van der Waals surface area contributed by atoms with Crippen LogP contribution < -0.4 is 10.1 Å². The van der Waals surface area contributed by atoms with Gasteiger partial charge in [-0.2, -0.15) is 18.3 Å². The van der Waals surface area contributed by atoms with Crippen LogP contribution in [0.4, 0.5) is 13.2 Å². The Morgan fingerprint density at radius 1 is 1.14 bits per heavy atom. The molecule has 2 aromatic carbocycles. The minimum Gasteiger partial charge on any atom is -0.491 e. The van der Waals surface area contributed by atoms with Gasteiger partial charge in [0.25, 0.3) is 5.91 Å². The molecule has 1 unspecified atom stereocenters. The number of carbonyl (C=O) groups is 1. The fraction of sp³-hybridized carbons (Fsp3) is 0.211. The average molecular weight is 406 g/mol. The number of aliphatic hydroxyl groups excluding tert-OH is 1. The summed E-state index contributed by atoms with van der Waals surface area (Å²) in [4.78, 5) is 16.0. The number of hydrogen-bond acceptors (Lipinski definition) is 5. The fourth-order valence-electron chi connectivity index (χ4n) is 2.41. The van der Waals surface area contributed by atoms with Gasteiger partial charge in [-0.15, -0.1) is 0 Å². The van der Waals surface area contributed by atoms with Crippen molar-refractivity contribution in [1.29, 1.82) is 0 Å². The zero-order valence-corrected chi connectivity index (χ0v) is 15.0. The molecule has 29 heavy (non-hydrogen) atoms. The van der Waals surface area contributed by atoms with E-state index in [9.17, 15) is 23.1 Å². The number of aromatic nitrogens is 3. The van der Waals surface area contributed by atoms with Gasteiger partial charge in [0.15, 0.2) is 0 Å². The molecule has 7 nitrogen and oxygen atoms in total. The number of nitrogens with zero attached hydrogens (tertiary/aromatic N) is 3. The summed E-state index contributed by atoms with van der Waals surface area (Å²) in [6.45, 7) is -0.263. The van der Waals surface area contributed by atoms with Crippen molar-refractivity contribution in [3.8, 4) is 11.4 Å². The van der Waals surface area contributed by atoms with Crippen molar-refractivity contribution in [2.75, 3.05) is 13.2 Å². The predicted molar refractivity (Wildman–Crippen MR) is 96.6 cm³/mol. The highest BCUT2D eigenvalue weighted by molar-refractivity contribution is 5.94. The van der Waals surface area contributed by atoms with Crippen molar-refractivity contribution < 1.29 is 27.8 Å². The maximum atomic E-state index is 12.5. The van der Waals surface area contributed by atoms with E-state index < -0.39 is 17.8 Å². The molecule has 0 spiro atoms. The van der Waals surface area contributed by atoms with Crippen molar-refractivity contribution in [3.05, 3.63) is 72.3 Å².